The number of carboxylic acids is 1. The van der Waals surface area contributed by atoms with Crippen LogP contribution in [0.5, 0.6) is 0 Å². The van der Waals surface area contributed by atoms with Gasteiger partial charge < -0.3 is 51.7 Å². The molecule has 142 heavy (non-hydrogen) atoms. The second-order valence-corrected chi connectivity index (χ2v) is 39.9. The summed E-state index contributed by atoms with van der Waals surface area (Å²) in [5.41, 5.74) is 14.7. The zero-order chi connectivity index (χ0) is 113. The van der Waals surface area contributed by atoms with E-state index in [4.69, 9.17) is 123 Å². The van der Waals surface area contributed by atoms with Gasteiger partial charge in [-0.2, -0.15) is 92.2 Å². The molecule has 8 rings (SSSR count). The Kier molecular flexibility index (Phi) is 59.8. The number of aliphatic carboxylic acids is 1. The molecule has 0 amide bonds. The molecule has 0 spiro atoms. The quantitative estimate of drug-likeness (QED) is 0.0103. The Morgan fingerprint density at radius 1 is 0.465 bits per heavy atom. The predicted octanol–water partition coefficient (Wildman–Crippen LogP) is 35.3. The number of nitrogens with zero attached hydrogens (tertiary/aromatic N) is 2. The summed E-state index contributed by atoms with van der Waals surface area (Å²) in [6.45, 7) is 51.8. The topological polar surface area (TPSA) is 263 Å². The molecule has 1 fully saturated rings. The van der Waals surface area contributed by atoms with Crippen molar-refractivity contribution in [1.82, 2.24) is 0 Å². The number of rotatable bonds is 11. The van der Waals surface area contributed by atoms with Crippen LogP contribution in [0.1, 0.15) is 261 Å². The van der Waals surface area contributed by atoms with Crippen LogP contribution in [-0.2, 0) is 110 Å². The summed E-state index contributed by atoms with van der Waals surface area (Å²) in [5.74, 6) is -3.01. The van der Waals surface area contributed by atoms with Crippen molar-refractivity contribution < 1.29 is 152 Å². The van der Waals surface area contributed by atoms with Crippen LogP contribution in [0.2, 0.25) is 35.2 Å². The van der Waals surface area contributed by atoms with Crippen LogP contribution in [-0.4, -0.2) is 65.8 Å². The van der Waals surface area contributed by atoms with Crippen LogP contribution < -0.4 is 22.9 Å². The number of nitrogens with two attached hydrogens (primary N) is 4. The average molecular weight is 2450 g/mol. The Morgan fingerprint density at radius 3 is 1.02 bits per heavy atom. The average Bonchev–Trinajstić information content (AvgIpc) is 1.75. The van der Waals surface area contributed by atoms with E-state index in [1.165, 1.54) is 52.7 Å². The summed E-state index contributed by atoms with van der Waals surface area (Å²) in [6.07, 6.45) is -32.5. The summed E-state index contributed by atoms with van der Waals surface area (Å²) in [5, 5.41) is 11.1. The van der Waals surface area contributed by atoms with Crippen LogP contribution >= 0.6 is 140 Å². The number of halogens is 31. The normalized spacial score (nSPS) is 12.8. The molecule has 0 saturated carbocycles. The molecule has 0 unspecified atom stereocenters. The molecule has 1 saturated heterocycles. The standard InChI is InChI=1S/C16H20ClF3O2.C12H12ClF3O2.C10H9BrClF3.C10H11ClF3N.C10H9ClF3N.C9H17BO2.C7H4BrClF3N.C7H5ClF3N.C6H11O2.C4H9NO2.BHNS.BrH.Zn/c1-9(2)11-6-10(17)7-13(16(18,19)20)12(11)8-14(21)22-15(3,4)5;1-6(2)8-3-7(13)4-10(12(14,15)16)9(8)5-11(17)18;1-5(2)7-3-6(12)4-8(9(7)11)10(13,14)15;2*1-5(2)7-3-6(11)4-8(9(7)15)10(12,13)14;1-7(2)10-11-8(3,4)9(5,6)12-10;8-5-2-3(9)1-4(6(5)13)7(10,11)12;8-4-1-2-6(12)5(3-4)7(9,10)11;1-5(7)8-6(2,3)4;1-4(2,3)7-5-6;1-2-3;;/h6-7,9H,8H2,1-5H3;3-4,6H,5H2,1-2H3,(H,17,18);3-5H,1-2H3;3-5H,15H2,1-2H3;3-4H,1,15H2,2H3;1H2,2-6H3;1-2H,13H2;1-3H,12H2;1H2,2-4H3;1-3H3;3H;1H;/q;;;;;;;;-1;;;;+2/p-1. The molecule has 0 bridgehead atoms. The minimum absolute atomic E-state index is 0.00367. The molecule has 1 aliphatic heterocycles. The molecule has 0 atom stereocenters. The zero-order valence-corrected chi connectivity index (χ0v) is 94.8. The van der Waals surface area contributed by atoms with Gasteiger partial charge in [0.1, 0.15) is 16.8 Å². The monoisotopic (exact) mass is 2440 g/mol. The molecule has 7 aromatic rings. The zero-order valence-electron chi connectivity index (χ0n) is 80.9. The maximum atomic E-state index is 13.2. The molecule has 0 aliphatic carbocycles. The van der Waals surface area contributed by atoms with E-state index in [2.05, 4.69) is 105 Å². The van der Waals surface area contributed by atoms with Crippen molar-refractivity contribution >= 4 is 200 Å². The van der Waals surface area contributed by atoms with Gasteiger partial charge in [-0.1, -0.05) is 149 Å². The van der Waals surface area contributed by atoms with E-state index in [1.54, 1.807) is 117 Å². The van der Waals surface area contributed by atoms with Crippen molar-refractivity contribution in [1.29, 1.82) is 0 Å². The number of anilines is 4. The van der Waals surface area contributed by atoms with E-state index in [-0.39, 0.29) is 126 Å². The van der Waals surface area contributed by atoms with Gasteiger partial charge in [-0.25, -0.2) is 0 Å². The van der Waals surface area contributed by atoms with E-state index in [0.717, 1.165) is 54.0 Å². The molecule has 16 nitrogen and oxygen atoms in total. The van der Waals surface area contributed by atoms with Crippen molar-refractivity contribution in [2.24, 2.45) is 9.64 Å². The first-order chi connectivity index (χ1) is 63.5. The van der Waals surface area contributed by atoms with Gasteiger partial charge in [0.25, 0.3) is 0 Å². The fourth-order valence-electron chi connectivity index (χ4n) is 10.8. The molecule has 9 N–H and O–H groups in total. The molecule has 51 heteroatoms. The minimum atomic E-state index is -4.61. The number of carbonyl (C=O) groups excluding carboxylic acids is 2. The number of allylic oxidation sites excluding steroid dienone is 2. The van der Waals surface area contributed by atoms with E-state index in [1.807, 2.05) is 48.5 Å². The number of esters is 2. The number of benzene rings is 7. The number of hydrogen-bond acceptors (Lipinski definition) is 16. The van der Waals surface area contributed by atoms with Crippen LogP contribution in [0, 0.1) is 11.8 Å². The molecular formula is C91H108B2Br3Cl7F21N6O10SZn. The number of ether oxygens (including phenoxy) is 2. The fourth-order valence-corrected chi connectivity index (χ4v) is 13.8. The first-order valence-corrected chi connectivity index (χ1v) is 52.2. The first-order valence-electron chi connectivity index (χ1n) is 40.6. The molecule has 793 valence electrons. The Bertz CT molecular complexity index is 5250. The molecule has 7 aromatic carbocycles. The van der Waals surface area contributed by atoms with E-state index >= 15 is 0 Å². The fraction of sp³-hybridized carbons (Fsp3) is 0.451. The number of hydrogen-bond donors (Lipinski definition) is 6. The molecule has 0 aromatic heterocycles. The summed E-state index contributed by atoms with van der Waals surface area (Å²) in [4.78, 5) is 46.4. The summed E-state index contributed by atoms with van der Waals surface area (Å²) >= 11 is 52.4. The summed E-state index contributed by atoms with van der Waals surface area (Å²) in [6, 6.07) is 16.8. The molecule has 1 radical (unpaired) electrons. The van der Waals surface area contributed by atoms with E-state index in [0.29, 0.717) is 27.8 Å². The van der Waals surface area contributed by atoms with Crippen LogP contribution in [0.25, 0.3) is 5.57 Å². The van der Waals surface area contributed by atoms with Gasteiger partial charge in [-0.15, -0.1) is 11.5 Å². The van der Waals surface area contributed by atoms with Crippen LogP contribution in [0.3, 0.4) is 0 Å². The third kappa shape index (κ3) is 53.6. The van der Waals surface area contributed by atoms with Gasteiger partial charge in [0.05, 0.1) is 74.4 Å². The van der Waals surface area contributed by atoms with E-state index < -0.39 is 130 Å². The Labute approximate surface area is 888 Å². The van der Waals surface area contributed by atoms with Gasteiger partial charge in [0, 0.05) is 61.0 Å². The second-order valence-electron chi connectivity index (χ2n) is 35.0. The first kappa shape index (κ1) is 142. The van der Waals surface area contributed by atoms with Gasteiger partial charge in [-0.05, 0) is 289 Å². The molecule has 1 heterocycles. The number of alkyl halides is 21. The third-order valence-corrected chi connectivity index (χ3v) is 20.6. The van der Waals surface area contributed by atoms with Crippen LogP contribution in [0.4, 0.5) is 115 Å². The van der Waals surface area contributed by atoms with Crippen molar-refractivity contribution in [3.05, 3.63) is 243 Å². The van der Waals surface area contributed by atoms with Gasteiger partial charge in [0.2, 0.25) is 0 Å². The number of thiol groups is 1. The van der Waals surface area contributed by atoms with Crippen molar-refractivity contribution in [2.75, 3.05) is 22.9 Å². The van der Waals surface area contributed by atoms with Crippen molar-refractivity contribution in [3.8, 4) is 0 Å². The molecule has 1 aliphatic rings. The Morgan fingerprint density at radius 2 is 0.754 bits per heavy atom. The maximum absolute atomic E-state index is 13.2. The SMILES string of the molecule is C=C(C)B1OC(C)(C)C(C)(C)O1.C=C(C)c1cc(Cl)cc(C(F)(F)F)c1N.CC(C)(C)ON=O.CC(C)c1cc(Cl)cc(C(F)(F)F)c1Br.CC(C)c1cc(Cl)cc(C(F)(F)F)c1CC(=O)O.CC(C)c1cc(Cl)cc(C(F)(F)F)c1CC(=O)OC(C)(C)C.CC(C)c1cc(Cl)cc(C(F)(F)F)c1N.Nc1c(Br)cc(Cl)cc1C(F)(F)F.Nc1ccc(Cl)cc1C(F)(F)F.[B]=NS.[CH2-]C(=O)OC(C)(C)C.[Zn+][Br]. The Hall–Kier alpha value is -6.28. The molecular weight excluding hydrogens is 2340 g/mol. The summed E-state index contributed by atoms with van der Waals surface area (Å²) < 4.78 is 288. The number of carboxylic acid groups (broad SMARTS) is 1. The van der Waals surface area contributed by atoms with E-state index in [9.17, 15) is 111 Å². The van der Waals surface area contributed by atoms with Crippen molar-refractivity contribution in [3.63, 3.8) is 0 Å². The number of nitrogen functional groups attached to an aromatic ring is 4. The van der Waals surface area contributed by atoms with Gasteiger partial charge >= 0.3 is 117 Å². The van der Waals surface area contributed by atoms with Crippen LogP contribution in [0.15, 0.2) is 128 Å². The van der Waals surface area contributed by atoms with Crippen molar-refractivity contribution in [2.45, 2.75) is 267 Å². The predicted molar refractivity (Wildman–Crippen MR) is 535 cm³/mol. The second kappa shape index (κ2) is 59.8. The Balaban J connectivity index is -0.000000750. The third-order valence-electron chi connectivity index (χ3n) is 17.5. The summed E-state index contributed by atoms with van der Waals surface area (Å²) in [7, 11) is 4.10. The van der Waals surface area contributed by atoms with Gasteiger partial charge in [0.15, 0.2) is 11.3 Å². The number of carbonyl (C=O) groups is 3. The van der Waals surface area contributed by atoms with Gasteiger partial charge in [-0.3, -0.25) is 21.3 Å².